The van der Waals surface area contributed by atoms with Gasteiger partial charge in [-0.25, -0.2) is 4.39 Å². The lowest BCUT2D eigenvalue weighted by Crippen LogP contribution is -2.60. The number of fused-ring (bicyclic) bond motifs is 1. The molecule has 4 N–H and O–H groups in total. The Morgan fingerprint density at radius 1 is 1.02 bits per heavy atom. The van der Waals surface area contributed by atoms with E-state index in [0.29, 0.717) is 18.3 Å². The van der Waals surface area contributed by atoms with Crippen LogP contribution in [0.1, 0.15) is 58.4 Å². The number of piperidine rings is 1. The third-order valence-corrected chi connectivity index (χ3v) is 8.45. The highest BCUT2D eigenvalue weighted by Gasteiger charge is 2.41. The highest BCUT2D eigenvalue weighted by atomic mass is 19.1. The Kier molecular flexibility index (Phi) is 11.7. The number of halogens is 1. The highest BCUT2D eigenvalue weighted by Crippen LogP contribution is 2.39. The molecule has 1 heterocycles. The Morgan fingerprint density at radius 3 is 2.45 bits per heavy atom. The normalized spacial score (nSPS) is 21.8. The van der Waals surface area contributed by atoms with Crippen LogP contribution in [0, 0.1) is 17.7 Å². The average Bonchev–Trinajstić information content (AvgIpc) is 2.98. The number of benzene rings is 2. The maximum Gasteiger partial charge on any atom is 0.258 e. The summed E-state index contributed by atoms with van der Waals surface area (Å²) in [6, 6.07) is 14.0. The first-order chi connectivity index (χ1) is 21.0. The third kappa shape index (κ3) is 10.3. The van der Waals surface area contributed by atoms with Crippen molar-refractivity contribution in [2.75, 3.05) is 26.2 Å². The third-order valence-electron chi connectivity index (χ3n) is 8.45. The van der Waals surface area contributed by atoms with Crippen LogP contribution in [-0.2, 0) is 20.8 Å². The zero-order chi connectivity index (χ0) is 31.7. The molecule has 4 rings (SSSR count). The van der Waals surface area contributed by atoms with E-state index in [4.69, 9.17) is 4.74 Å². The number of rotatable bonds is 12. The molecule has 2 fully saturated rings. The van der Waals surface area contributed by atoms with Gasteiger partial charge in [-0.05, 0) is 69.6 Å². The largest absolute Gasteiger partial charge is 0.484 e. The van der Waals surface area contributed by atoms with Gasteiger partial charge in [-0.15, -0.1) is 0 Å². The van der Waals surface area contributed by atoms with Crippen LogP contribution in [0.2, 0.25) is 0 Å². The molecule has 0 aromatic heterocycles. The minimum atomic E-state index is -0.962. The Morgan fingerprint density at radius 2 is 1.75 bits per heavy atom. The number of β-amino-alcohol motifs (C(OH)–C–C–N with tert-alkyl or cyclic N) is 1. The quantitative estimate of drug-likeness (QED) is 0.293. The average molecular weight is 611 g/mol. The summed E-state index contributed by atoms with van der Waals surface area (Å²) in [7, 11) is 0. The number of ether oxygens (including phenoxy) is 1. The molecule has 1 saturated carbocycles. The van der Waals surface area contributed by atoms with Crippen molar-refractivity contribution in [3.05, 3.63) is 66.0 Å². The summed E-state index contributed by atoms with van der Waals surface area (Å²) in [5.41, 5.74) is 0.568. The standard InChI is InChI=1S/C34H47FN4O5/c1-34(2,3)38-33(43)29-17-24-12-7-8-13-25(24)20-39(29)21-30(40)28(16-23-10-5-4-6-11-23)37-31(41)19-36-32(42)22-44-27-15-9-14-26(35)18-27/h4-6,9-11,14-15,18,24-25,28-30,40H,7-8,12-13,16-17,19-22H2,1-3H3,(H,36,42)(H,37,41)(H,38,43). The molecule has 2 aliphatic rings. The van der Waals surface area contributed by atoms with E-state index >= 15 is 0 Å². The van der Waals surface area contributed by atoms with E-state index in [1.54, 1.807) is 0 Å². The molecular formula is C34H47FN4O5. The topological polar surface area (TPSA) is 120 Å². The van der Waals surface area contributed by atoms with E-state index in [-0.39, 0.29) is 42.9 Å². The molecule has 5 unspecified atom stereocenters. The molecular weight excluding hydrogens is 563 g/mol. The smallest absolute Gasteiger partial charge is 0.258 e. The van der Waals surface area contributed by atoms with Crippen LogP contribution >= 0.6 is 0 Å². The summed E-state index contributed by atoms with van der Waals surface area (Å²) >= 11 is 0. The van der Waals surface area contributed by atoms with E-state index in [1.807, 2.05) is 51.1 Å². The molecule has 0 spiro atoms. The number of hydrogen-bond acceptors (Lipinski definition) is 6. The second-order valence-electron chi connectivity index (χ2n) is 13.2. The summed E-state index contributed by atoms with van der Waals surface area (Å²) in [6.07, 6.45) is 4.81. The predicted octanol–water partition coefficient (Wildman–Crippen LogP) is 3.20. The van der Waals surface area contributed by atoms with Crippen LogP contribution in [-0.4, -0.2) is 77.7 Å². The molecule has 44 heavy (non-hydrogen) atoms. The molecule has 0 bridgehead atoms. The molecule has 0 radical (unpaired) electrons. The van der Waals surface area contributed by atoms with Gasteiger partial charge in [0.2, 0.25) is 11.8 Å². The zero-order valence-corrected chi connectivity index (χ0v) is 26.1. The summed E-state index contributed by atoms with van der Waals surface area (Å²) in [4.78, 5) is 40.8. The fourth-order valence-corrected chi connectivity index (χ4v) is 6.34. The van der Waals surface area contributed by atoms with Crippen LogP contribution in [0.4, 0.5) is 4.39 Å². The van der Waals surface area contributed by atoms with E-state index in [2.05, 4.69) is 20.9 Å². The fourth-order valence-electron chi connectivity index (χ4n) is 6.34. The molecule has 9 nitrogen and oxygen atoms in total. The molecule has 5 atom stereocenters. The van der Waals surface area contributed by atoms with Crippen molar-refractivity contribution in [3.63, 3.8) is 0 Å². The van der Waals surface area contributed by atoms with Crippen molar-refractivity contribution in [1.29, 1.82) is 0 Å². The zero-order valence-electron chi connectivity index (χ0n) is 26.1. The predicted molar refractivity (Wildman–Crippen MR) is 166 cm³/mol. The Balaban J connectivity index is 1.40. The number of aliphatic hydroxyl groups is 1. The fraction of sp³-hybridized carbons (Fsp3) is 0.559. The van der Waals surface area contributed by atoms with Crippen LogP contribution in [0.25, 0.3) is 0 Å². The Labute approximate surface area is 259 Å². The van der Waals surface area contributed by atoms with Crippen LogP contribution < -0.4 is 20.7 Å². The van der Waals surface area contributed by atoms with Crippen molar-refractivity contribution < 1.29 is 28.6 Å². The van der Waals surface area contributed by atoms with E-state index in [0.717, 1.165) is 31.4 Å². The van der Waals surface area contributed by atoms with E-state index in [9.17, 15) is 23.9 Å². The lowest BCUT2D eigenvalue weighted by molar-refractivity contribution is -0.133. The van der Waals surface area contributed by atoms with Gasteiger partial charge < -0.3 is 25.8 Å². The number of likely N-dealkylation sites (tertiary alicyclic amines) is 1. The van der Waals surface area contributed by atoms with Gasteiger partial charge in [0, 0.05) is 24.7 Å². The van der Waals surface area contributed by atoms with Gasteiger partial charge in [0.25, 0.3) is 5.91 Å². The number of nitrogens with one attached hydrogen (secondary N) is 3. The molecule has 240 valence electrons. The number of aliphatic hydroxyl groups excluding tert-OH is 1. The maximum atomic E-state index is 13.5. The van der Waals surface area contributed by atoms with Crippen LogP contribution in [0.3, 0.4) is 0 Å². The first-order valence-corrected chi connectivity index (χ1v) is 15.7. The first-order valence-electron chi connectivity index (χ1n) is 15.7. The van der Waals surface area contributed by atoms with Crippen molar-refractivity contribution in [1.82, 2.24) is 20.9 Å². The SMILES string of the molecule is CC(C)(C)NC(=O)C1CC2CCCCC2CN1CC(O)C(Cc1ccccc1)NC(=O)CNC(=O)COc1cccc(F)c1. The monoisotopic (exact) mass is 610 g/mol. The molecule has 10 heteroatoms. The van der Waals surface area contributed by atoms with Crippen LogP contribution in [0.15, 0.2) is 54.6 Å². The molecule has 1 saturated heterocycles. The summed E-state index contributed by atoms with van der Waals surface area (Å²) in [5, 5.41) is 20.1. The molecule has 2 aromatic rings. The summed E-state index contributed by atoms with van der Waals surface area (Å²) in [6.45, 7) is 6.18. The number of nitrogens with zero attached hydrogens (tertiary/aromatic N) is 1. The highest BCUT2D eigenvalue weighted by molar-refractivity contribution is 5.85. The van der Waals surface area contributed by atoms with Crippen molar-refractivity contribution in [3.8, 4) is 5.75 Å². The van der Waals surface area contributed by atoms with E-state index in [1.165, 1.54) is 37.1 Å². The van der Waals surface area contributed by atoms with Gasteiger partial charge >= 0.3 is 0 Å². The van der Waals surface area contributed by atoms with E-state index < -0.39 is 29.8 Å². The summed E-state index contributed by atoms with van der Waals surface area (Å²) in [5.74, 6) is -0.301. The maximum absolute atomic E-state index is 13.5. The number of carbonyl (C=O) groups excluding carboxylic acids is 3. The second kappa shape index (κ2) is 15.5. The number of hydrogen-bond donors (Lipinski definition) is 4. The van der Waals surface area contributed by atoms with Gasteiger partial charge in [0.05, 0.1) is 24.7 Å². The van der Waals surface area contributed by atoms with Gasteiger partial charge in [-0.3, -0.25) is 19.3 Å². The Bertz CT molecular complexity index is 1250. The second-order valence-corrected chi connectivity index (χ2v) is 13.2. The lowest BCUT2D eigenvalue weighted by Gasteiger charge is -2.47. The molecule has 3 amide bonds. The lowest BCUT2D eigenvalue weighted by atomic mass is 9.72. The number of amides is 3. The number of carbonyl (C=O) groups is 3. The molecule has 1 aliphatic heterocycles. The summed E-state index contributed by atoms with van der Waals surface area (Å²) < 4.78 is 18.7. The van der Waals surface area contributed by atoms with Gasteiger partial charge in [0.15, 0.2) is 6.61 Å². The minimum absolute atomic E-state index is 0.0273. The van der Waals surface area contributed by atoms with Crippen LogP contribution in [0.5, 0.6) is 5.75 Å². The van der Waals surface area contributed by atoms with Crippen molar-refractivity contribution >= 4 is 17.7 Å². The van der Waals surface area contributed by atoms with Gasteiger partial charge in [-0.1, -0.05) is 55.7 Å². The minimum Gasteiger partial charge on any atom is -0.484 e. The Hall–Kier alpha value is -3.50. The van der Waals surface area contributed by atoms with Gasteiger partial charge in [-0.2, -0.15) is 0 Å². The van der Waals surface area contributed by atoms with Crippen molar-refractivity contribution in [2.45, 2.75) is 83.0 Å². The molecule has 1 aliphatic carbocycles. The van der Waals surface area contributed by atoms with Crippen molar-refractivity contribution in [2.24, 2.45) is 11.8 Å². The van der Waals surface area contributed by atoms with Gasteiger partial charge in [0.1, 0.15) is 11.6 Å². The molecule has 2 aromatic carbocycles. The first kappa shape index (κ1) is 33.4.